The van der Waals surface area contributed by atoms with Crippen molar-refractivity contribution in [1.82, 2.24) is 5.32 Å². The summed E-state index contributed by atoms with van der Waals surface area (Å²) in [4.78, 5) is 35.3. The molecule has 0 radical (unpaired) electrons. The minimum atomic E-state index is -1.06. The zero-order valence-electron chi connectivity index (χ0n) is 9.77. The number of carbonyl (C=O) groups is 3. The summed E-state index contributed by atoms with van der Waals surface area (Å²) in [7, 11) is 1.48. The first-order valence-electron chi connectivity index (χ1n) is 5.40. The van der Waals surface area contributed by atoms with Gasteiger partial charge in [0.1, 0.15) is 6.54 Å². The second-order valence-electron chi connectivity index (χ2n) is 3.98. The summed E-state index contributed by atoms with van der Waals surface area (Å²) in [6.07, 6.45) is 0.201. The Labute approximate surface area is 103 Å². The highest BCUT2D eigenvalue weighted by atomic mass is 16.4. The lowest BCUT2D eigenvalue weighted by atomic mass is 10.1. The van der Waals surface area contributed by atoms with E-state index in [1.165, 1.54) is 24.1 Å². The third kappa shape index (κ3) is 2.04. The second kappa shape index (κ2) is 4.48. The quantitative estimate of drug-likeness (QED) is 0.789. The number of aromatic carboxylic acids is 1. The van der Waals surface area contributed by atoms with Gasteiger partial charge in [0, 0.05) is 12.7 Å². The molecule has 1 heterocycles. The van der Waals surface area contributed by atoms with Gasteiger partial charge in [-0.05, 0) is 17.7 Å². The molecule has 1 aromatic rings. The van der Waals surface area contributed by atoms with Crippen molar-refractivity contribution in [3.05, 3.63) is 29.3 Å². The fourth-order valence-electron chi connectivity index (χ4n) is 1.89. The molecule has 0 saturated carbocycles. The van der Waals surface area contributed by atoms with Crippen LogP contribution >= 0.6 is 0 Å². The van der Waals surface area contributed by atoms with Crippen molar-refractivity contribution < 1.29 is 19.5 Å². The van der Waals surface area contributed by atoms with Crippen molar-refractivity contribution in [1.29, 1.82) is 0 Å². The highest BCUT2D eigenvalue weighted by Crippen LogP contribution is 2.29. The average Bonchev–Trinajstić information content (AvgIpc) is 2.65. The molecule has 0 spiro atoms. The lowest BCUT2D eigenvalue weighted by molar-refractivity contribution is -0.122. The number of amides is 2. The number of carboxylic acid groups (broad SMARTS) is 1. The number of nitrogens with one attached hydrogen (secondary N) is 1. The molecule has 1 aliphatic heterocycles. The van der Waals surface area contributed by atoms with Gasteiger partial charge in [-0.15, -0.1) is 0 Å². The minimum absolute atomic E-state index is 0.0919. The molecule has 18 heavy (non-hydrogen) atoms. The zero-order valence-corrected chi connectivity index (χ0v) is 9.77. The van der Waals surface area contributed by atoms with E-state index < -0.39 is 5.97 Å². The van der Waals surface area contributed by atoms with Crippen molar-refractivity contribution in [3.8, 4) is 0 Å². The molecule has 1 aliphatic rings. The van der Waals surface area contributed by atoms with E-state index in [-0.39, 0.29) is 30.3 Å². The Morgan fingerprint density at radius 3 is 2.78 bits per heavy atom. The van der Waals surface area contributed by atoms with Crippen LogP contribution in [0.5, 0.6) is 0 Å². The van der Waals surface area contributed by atoms with Gasteiger partial charge in [-0.2, -0.15) is 0 Å². The lowest BCUT2D eigenvalue weighted by Crippen LogP contribution is -2.37. The van der Waals surface area contributed by atoms with Crippen LogP contribution in [0.2, 0.25) is 0 Å². The van der Waals surface area contributed by atoms with Crippen LogP contribution in [0.1, 0.15) is 15.9 Å². The smallest absolute Gasteiger partial charge is 0.335 e. The Balaban J connectivity index is 2.36. The summed E-state index contributed by atoms with van der Waals surface area (Å²) >= 11 is 0. The van der Waals surface area contributed by atoms with Crippen molar-refractivity contribution in [3.63, 3.8) is 0 Å². The van der Waals surface area contributed by atoms with Crippen LogP contribution in [0.4, 0.5) is 5.69 Å². The molecule has 94 valence electrons. The number of benzene rings is 1. The number of fused-ring (bicyclic) bond motifs is 1. The number of carbonyl (C=O) groups excluding carboxylic acids is 2. The zero-order chi connectivity index (χ0) is 13.3. The molecule has 0 unspecified atom stereocenters. The van der Waals surface area contributed by atoms with E-state index in [2.05, 4.69) is 5.32 Å². The predicted molar refractivity (Wildman–Crippen MR) is 63.5 cm³/mol. The van der Waals surface area contributed by atoms with Crippen LogP contribution in [0.15, 0.2) is 18.2 Å². The molecule has 0 aliphatic carbocycles. The maximum atomic E-state index is 11.8. The molecular weight excluding hydrogens is 236 g/mol. The van der Waals surface area contributed by atoms with Crippen LogP contribution in [0.3, 0.4) is 0 Å². The van der Waals surface area contributed by atoms with Crippen LogP contribution < -0.4 is 10.2 Å². The van der Waals surface area contributed by atoms with E-state index >= 15 is 0 Å². The summed E-state index contributed by atoms with van der Waals surface area (Å²) in [5.74, 6) is -1.55. The lowest BCUT2D eigenvalue weighted by Gasteiger charge is -2.16. The fourth-order valence-corrected chi connectivity index (χ4v) is 1.89. The van der Waals surface area contributed by atoms with Crippen molar-refractivity contribution in [2.24, 2.45) is 0 Å². The third-order valence-corrected chi connectivity index (χ3v) is 2.85. The number of anilines is 1. The Morgan fingerprint density at radius 2 is 2.17 bits per heavy atom. The molecule has 1 aromatic carbocycles. The number of hydrogen-bond donors (Lipinski definition) is 2. The second-order valence-corrected chi connectivity index (χ2v) is 3.98. The molecule has 0 bridgehead atoms. The van der Waals surface area contributed by atoms with Crippen molar-refractivity contribution in [2.45, 2.75) is 6.42 Å². The predicted octanol–water partition coefficient (Wildman–Crippen LogP) is 0.0199. The largest absolute Gasteiger partial charge is 0.478 e. The normalized spacial score (nSPS) is 13.4. The minimum Gasteiger partial charge on any atom is -0.478 e. The first-order chi connectivity index (χ1) is 8.52. The van der Waals surface area contributed by atoms with E-state index in [0.717, 1.165) is 5.56 Å². The Morgan fingerprint density at radius 1 is 1.44 bits per heavy atom. The molecule has 2 amide bonds. The summed E-state index contributed by atoms with van der Waals surface area (Å²) in [6.45, 7) is -0.0919. The van der Waals surface area contributed by atoms with Gasteiger partial charge in [0.2, 0.25) is 11.8 Å². The standard InChI is InChI=1S/C12H12N2O4/c1-13-10(15)6-14-9-4-8(12(17)18)3-2-7(9)5-11(14)16/h2-4H,5-6H2,1H3,(H,13,15)(H,17,18). The maximum Gasteiger partial charge on any atom is 0.335 e. The summed E-state index contributed by atoms with van der Waals surface area (Å²) in [5, 5.41) is 11.3. The average molecular weight is 248 g/mol. The van der Waals surface area contributed by atoms with Gasteiger partial charge in [0.15, 0.2) is 0 Å². The molecule has 0 aromatic heterocycles. The van der Waals surface area contributed by atoms with Gasteiger partial charge >= 0.3 is 5.97 Å². The molecule has 0 atom stereocenters. The van der Waals surface area contributed by atoms with E-state index in [0.29, 0.717) is 5.69 Å². The maximum absolute atomic E-state index is 11.8. The van der Waals surface area contributed by atoms with Crippen LogP contribution in [-0.4, -0.2) is 36.5 Å². The number of hydrogen-bond acceptors (Lipinski definition) is 3. The van der Waals surface area contributed by atoms with Crippen LogP contribution in [0, 0.1) is 0 Å². The monoisotopic (exact) mass is 248 g/mol. The molecule has 2 N–H and O–H groups in total. The van der Waals surface area contributed by atoms with Gasteiger partial charge in [0.05, 0.1) is 12.0 Å². The number of carboxylic acids is 1. The number of rotatable bonds is 3. The van der Waals surface area contributed by atoms with Gasteiger partial charge in [-0.25, -0.2) is 4.79 Å². The van der Waals surface area contributed by atoms with E-state index in [1.54, 1.807) is 6.07 Å². The molecular formula is C12H12N2O4. The highest BCUT2D eigenvalue weighted by Gasteiger charge is 2.29. The van der Waals surface area contributed by atoms with Crippen LogP contribution in [0.25, 0.3) is 0 Å². The van der Waals surface area contributed by atoms with Gasteiger partial charge in [-0.1, -0.05) is 6.07 Å². The molecule has 2 rings (SSSR count). The summed E-state index contributed by atoms with van der Waals surface area (Å²) in [5.41, 5.74) is 1.35. The van der Waals surface area contributed by atoms with Gasteiger partial charge < -0.3 is 15.3 Å². The summed E-state index contributed by atoms with van der Waals surface area (Å²) < 4.78 is 0. The molecule has 0 fully saturated rings. The number of likely N-dealkylation sites (N-methyl/N-ethyl adjacent to an activating group) is 1. The van der Waals surface area contributed by atoms with E-state index in [9.17, 15) is 14.4 Å². The van der Waals surface area contributed by atoms with Gasteiger partial charge in [0.25, 0.3) is 0 Å². The highest BCUT2D eigenvalue weighted by molar-refractivity contribution is 6.06. The van der Waals surface area contributed by atoms with E-state index in [4.69, 9.17) is 5.11 Å². The first-order valence-corrected chi connectivity index (χ1v) is 5.40. The summed E-state index contributed by atoms with van der Waals surface area (Å²) in [6, 6.07) is 4.49. The number of nitrogens with zero attached hydrogens (tertiary/aromatic N) is 1. The van der Waals surface area contributed by atoms with Crippen molar-refractivity contribution >= 4 is 23.5 Å². The SMILES string of the molecule is CNC(=O)CN1C(=O)Cc2ccc(C(=O)O)cc21. The third-order valence-electron chi connectivity index (χ3n) is 2.85. The fraction of sp³-hybridized carbons (Fsp3) is 0.250. The Bertz CT molecular complexity index is 539. The van der Waals surface area contributed by atoms with Crippen molar-refractivity contribution in [2.75, 3.05) is 18.5 Å². The van der Waals surface area contributed by atoms with Crippen LogP contribution in [-0.2, 0) is 16.0 Å². The molecule has 0 saturated heterocycles. The topological polar surface area (TPSA) is 86.7 Å². The Hall–Kier alpha value is -2.37. The van der Waals surface area contributed by atoms with Gasteiger partial charge in [-0.3, -0.25) is 9.59 Å². The first kappa shape index (κ1) is 12.1. The van der Waals surface area contributed by atoms with E-state index in [1.807, 2.05) is 0 Å². The Kier molecular flexibility index (Phi) is 3.01. The molecule has 6 nitrogen and oxygen atoms in total. The molecule has 6 heteroatoms.